The summed E-state index contributed by atoms with van der Waals surface area (Å²) < 4.78 is 39.3. The predicted molar refractivity (Wildman–Crippen MR) is 135 cm³/mol. The molecule has 0 saturated carbocycles. The number of rotatable bonds is 9. The van der Waals surface area contributed by atoms with E-state index in [-0.39, 0.29) is 16.3 Å². The normalized spacial score (nSPS) is 11.1. The topological polar surface area (TPSA) is 84.9 Å². The van der Waals surface area contributed by atoms with Crippen LogP contribution < -0.4 is 19.1 Å². The Morgan fingerprint density at radius 2 is 1.74 bits per heavy atom. The number of carbonyl (C=O) groups excluding carboxylic acids is 1. The maximum atomic E-state index is 13.8. The zero-order valence-electron chi connectivity index (χ0n) is 19.5. The van der Waals surface area contributed by atoms with E-state index < -0.39 is 22.5 Å². The molecule has 3 aromatic carbocycles. The molecule has 0 saturated heterocycles. The maximum absolute atomic E-state index is 13.8. The molecule has 1 N–H and O–H groups in total. The first-order valence-corrected chi connectivity index (χ1v) is 12.4. The molecule has 0 heterocycles. The third kappa shape index (κ3) is 5.81. The monoisotopic (exact) mass is 502 g/mol. The van der Waals surface area contributed by atoms with Crippen LogP contribution in [0.1, 0.15) is 18.1 Å². The first-order valence-electron chi connectivity index (χ1n) is 10.6. The van der Waals surface area contributed by atoms with Crippen LogP contribution in [0.3, 0.4) is 0 Å². The Morgan fingerprint density at radius 1 is 1.03 bits per heavy atom. The van der Waals surface area contributed by atoms with Crippen LogP contribution in [0.5, 0.6) is 11.5 Å². The Balaban J connectivity index is 1.98. The molecule has 9 heteroatoms. The van der Waals surface area contributed by atoms with Crippen LogP contribution in [0.2, 0.25) is 5.02 Å². The molecule has 0 fully saturated rings. The number of amides is 1. The van der Waals surface area contributed by atoms with E-state index in [0.717, 1.165) is 15.4 Å². The summed E-state index contributed by atoms with van der Waals surface area (Å²) in [5.41, 5.74) is 2.30. The number of halogens is 1. The lowest BCUT2D eigenvalue weighted by molar-refractivity contribution is -0.114. The first-order chi connectivity index (χ1) is 16.1. The van der Waals surface area contributed by atoms with Crippen molar-refractivity contribution in [3.63, 3.8) is 0 Å². The van der Waals surface area contributed by atoms with Crippen molar-refractivity contribution in [2.45, 2.75) is 25.7 Å². The summed E-state index contributed by atoms with van der Waals surface area (Å²) in [4.78, 5) is 12.9. The fourth-order valence-electron chi connectivity index (χ4n) is 3.29. The SMILES string of the molecule is CCOc1ccc(NC(=O)CN(c2ccc(C)c(Cl)c2)S(=O)(=O)c2cc(C)ccc2OC)cc1. The molecule has 34 heavy (non-hydrogen) atoms. The molecular formula is C25H27ClN2O5S. The highest BCUT2D eigenvalue weighted by molar-refractivity contribution is 7.93. The van der Waals surface area contributed by atoms with E-state index in [1.54, 1.807) is 55.5 Å². The van der Waals surface area contributed by atoms with Gasteiger partial charge < -0.3 is 14.8 Å². The minimum absolute atomic E-state index is 0.0411. The van der Waals surface area contributed by atoms with Gasteiger partial charge in [0.15, 0.2) is 0 Å². The third-order valence-electron chi connectivity index (χ3n) is 5.07. The van der Waals surface area contributed by atoms with Crippen LogP contribution >= 0.6 is 11.6 Å². The first kappa shape index (κ1) is 25.4. The quantitative estimate of drug-likeness (QED) is 0.435. The molecule has 3 aromatic rings. The lowest BCUT2D eigenvalue weighted by atomic mass is 10.2. The second kappa shape index (κ2) is 10.8. The molecule has 0 radical (unpaired) electrons. The van der Waals surface area contributed by atoms with Gasteiger partial charge in [-0.2, -0.15) is 0 Å². The van der Waals surface area contributed by atoms with E-state index in [1.807, 2.05) is 13.8 Å². The number of sulfonamides is 1. The van der Waals surface area contributed by atoms with Gasteiger partial charge in [-0.15, -0.1) is 0 Å². The predicted octanol–water partition coefficient (Wildman–Crippen LogP) is 5.20. The molecule has 7 nitrogen and oxygen atoms in total. The van der Waals surface area contributed by atoms with E-state index in [9.17, 15) is 13.2 Å². The van der Waals surface area contributed by atoms with Gasteiger partial charge in [0.2, 0.25) is 5.91 Å². The van der Waals surface area contributed by atoms with Crippen molar-refractivity contribution >= 4 is 38.9 Å². The second-order valence-corrected chi connectivity index (χ2v) is 9.84. The fourth-order valence-corrected chi connectivity index (χ4v) is 5.12. The van der Waals surface area contributed by atoms with Gasteiger partial charge in [0.25, 0.3) is 10.0 Å². The number of carbonyl (C=O) groups is 1. The van der Waals surface area contributed by atoms with Crippen molar-refractivity contribution in [3.8, 4) is 11.5 Å². The minimum Gasteiger partial charge on any atom is -0.495 e. The highest BCUT2D eigenvalue weighted by Crippen LogP contribution is 2.32. The smallest absolute Gasteiger partial charge is 0.268 e. The van der Waals surface area contributed by atoms with E-state index in [0.29, 0.717) is 23.1 Å². The van der Waals surface area contributed by atoms with Crippen molar-refractivity contribution in [1.29, 1.82) is 0 Å². The standard InChI is InChI=1S/C25H27ClN2O5S/c1-5-33-21-11-8-19(9-12-21)27-25(29)16-28(20-10-7-18(3)22(26)15-20)34(30,31)24-14-17(2)6-13-23(24)32-4/h6-15H,5,16H2,1-4H3,(H,27,29). The van der Waals surface area contributed by atoms with Gasteiger partial charge in [0, 0.05) is 10.7 Å². The molecule has 0 aliphatic rings. The molecule has 0 bridgehead atoms. The summed E-state index contributed by atoms with van der Waals surface area (Å²) in [5, 5.41) is 3.13. The van der Waals surface area contributed by atoms with Crippen molar-refractivity contribution < 1.29 is 22.7 Å². The van der Waals surface area contributed by atoms with Crippen LogP contribution in [0.4, 0.5) is 11.4 Å². The summed E-state index contributed by atoms with van der Waals surface area (Å²) in [6.45, 7) is 5.54. The van der Waals surface area contributed by atoms with Gasteiger partial charge in [-0.05, 0) is 80.4 Å². The molecule has 180 valence electrons. The number of nitrogens with zero attached hydrogens (tertiary/aromatic N) is 1. The number of hydrogen-bond acceptors (Lipinski definition) is 5. The lowest BCUT2D eigenvalue weighted by Crippen LogP contribution is -2.38. The lowest BCUT2D eigenvalue weighted by Gasteiger charge is -2.25. The zero-order valence-corrected chi connectivity index (χ0v) is 21.0. The molecule has 0 aliphatic heterocycles. The molecule has 1 amide bonds. The molecule has 3 rings (SSSR count). The van der Waals surface area contributed by atoms with Crippen LogP contribution in [-0.2, 0) is 14.8 Å². The second-order valence-electron chi connectivity index (χ2n) is 7.61. The van der Waals surface area contributed by atoms with Gasteiger partial charge in [-0.3, -0.25) is 9.10 Å². The zero-order chi connectivity index (χ0) is 24.9. The summed E-state index contributed by atoms with van der Waals surface area (Å²) in [6.07, 6.45) is 0. The number of anilines is 2. The number of ether oxygens (including phenoxy) is 2. The largest absolute Gasteiger partial charge is 0.495 e. The third-order valence-corrected chi connectivity index (χ3v) is 7.27. The van der Waals surface area contributed by atoms with Crippen molar-refractivity contribution in [2.75, 3.05) is 29.9 Å². The van der Waals surface area contributed by atoms with E-state index in [2.05, 4.69) is 5.32 Å². The summed E-state index contributed by atoms with van der Waals surface area (Å²) in [6, 6.07) is 16.5. The Kier molecular flexibility index (Phi) is 8.06. The average Bonchev–Trinajstić information content (AvgIpc) is 2.81. The Bertz CT molecular complexity index is 1280. The number of methoxy groups -OCH3 is 1. The molecule has 0 aromatic heterocycles. The average molecular weight is 503 g/mol. The van der Waals surface area contributed by atoms with Crippen molar-refractivity contribution in [2.24, 2.45) is 0 Å². The van der Waals surface area contributed by atoms with Gasteiger partial charge in [0.05, 0.1) is 19.4 Å². The van der Waals surface area contributed by atoms with Crippen LogP contribution in [0.25, 0.3) is 0 Å². The maximum Gasteiger partial charge on any atom is 0.268 e. The fraction of sp³-hybridized carbons (Fsp3) is 0.240. The number of aryl methyl sites for hydroxylation is 2. The highest BCUT2D eigenvalue weighted by Gasteiger charge is 2.30. The molecule has 0 unspecified atom stereocenters. The van der Waals surface area contributed by atoms with Crippen LogP contribution in [0, 0.1) is 13.8 Å². The minimum atomic E-state index is -4.18. The Hall–Kier alpha value is -3.23. The van der Waals surface area contributed by atoms with Crippen LogP contribution in [-0.4, -0.2) is 34.6 Å². The molecular weight excluding hydrogens is 476 g/mol. The number of hydrogen-bond donors (Lipinski definition) is 1. The highest BCUT2D eigenvalue weighted by atomic mass is 35.5. The Labute approximate surface area is 205 Å². The molecule has 0 aliphatic carbocycles. The van der Waals surface area contributed by atoms with Gasteiger partial charge >= 0.3 is 0 Å². The molecule has 0 spiro atoms. The van der Waals surface area contributed by atoms with E-state index in [1.165, 1.54) is 19.2 Å². The Morgan fingerprint density at radius 3 is 2.35 bits per heavy atom. The summed E-state index contributed by atoms with van der Waals surface area (Å²) in [5.74, 6) is 0.335. The number of nitrogens with one attached hydrogen (secondary N) is 1. The van der Waals surface area contributed by atoms with E-state index in [4.69, 9.17) is 21.1 Å². The number of benzene rings is 3. The van der Waals surface area contributed by atoms with Crippen LogP contribution in [0.15, 0.2) is 65.6 Å². The van der Waals surface area contributed by atoms with Gasteiger partial charge in [-0.25, -0.2) is 8.42 Å². The van der Waals surface area contributed by atoms with Gasteiger partial charge in [-0.1, -0.05) is 23.7 Å². The van der Waals surface area contributed by atoms with E-state index >= 15 is 0 Å². The van der Waals surface area contributed by atoms with Crippen molar-refractivity contribution in [1.82, 2.24) is 0 Å². The summed E-state index contributed by atoms with van der Waals surface area (Å²) >= 11 is 6.29. The molecule has 0 atom stereocenters. The van der Waals surface area contributed by atoms with Gasteiger partial charge in [0.1, 0.15) is 22.9 Å². The van der Waals surface area contributed by atoms with Crippen molar-refractivity contribution in [3.05, 3.63) is 76.8 Å². The summed E-state index contributed by atoms with van der Waals surface area (Å²) in [7, 11) is -2.78.